The minimum Gasteiger partial charge on any atom is -0.480 e. The molecule has 0 fully saturated rings. The number of carbonyl (C=O) groups is 1. The lowest BCUT2D eigenvalue weighted by atomic mass is 10.1. The molecule has 0 aromatic heterocycles. The zero-order chi connectivity index (χ0) is 10.9. The fraction of sp³-hybridized carbons (Fsp3) is 0.800. The van der Waals surface area contributed by atoms with Crippen LogP contribution in [0.15, 0.2) is 0 Å². The Morgan fingerprint density at radius 3 is 2.08 bits per heavy atom. The van der Waals surface area contributed by atoms with Crippen LogP contribution in [0.2, 0.25) is 0 Å². The molecule has 0 atom stereocenters. The van der Waals surface area contributed by atoms with Gasteiger partial charge in [-0.2, -0.15) is 13.5 Å². The lowest BCUT2D eigenvalue weighted by Crippen LogP contribution is -2.51. The Labute approximate surface area is 73.8 Å². The summed E-state index contributed by atoms with van der Waals surface area (Å²) in [5, 5.41) is 8.41. The van der Waals surface area contributed by atoms with Crippen molar-refractivity contribution in [3.8, 4) is 0 Å². The molecule has 0 saturated carbocycles. The molecule has 2 N–H and O–H groups in total. The van der Waals surface area contributed by atoms with Crippen LogP contribution in [0.3, 0.4) is 0 Å². The largest absolute Gasteiger partial charge is 0.480 e. The smallest absolute Gasteiger partial charge is 0.350 e. The molecular formula is C5H9F2NO4S. The first-order valence-electron chi connectivity index (χ1n) is 3.14. The first kappa shape index (κ1) is 12.2. The molecule has 0 heterocycles. The molecule has 0 saturated heterocycles. The summed E-state index contributed by atoms with van der Waals surface area (Å²) >= 11 is 0. The van der Waals surface area contributed by atoms with E-state index in [1.165, 1.54) is 4.72 Å². The molecule has 8 heteroatoms. The molecule has 0 unspecified atom stereocenters. The van der Waals surface area contributed by atoms with Crippen molar-refractivity contribution in [2.45, 2.75) is 25.1 Å². The summed E-state index contributed by atoms with van der Waals surface area (Å²) in [5.74, 6) is -5.16. The second-order valence-corrected chi connectivity index (χ2v) is 4.49. The molecule has 78 valence electrons. The maximum Gasteiger partial charge on any atom is 0.350 e. The number of nitrogens with one attached hydrogen (secondary N) is 1. The highest BCUT2D eigenvalue weighted by Crippen LogP contribution is 2.09. The van der Waals surface area contributed by atoms with Crippen molar-refractivity contribution in [1.82, 2.24) is 4.72 Å². The SMILES string of the molecule is CC(C)(NS(=O)(=O)C(F)F)C(=O)O. The summed E-state index contributed by atoms with van der Waals surface area (Å²) in [5.41, 5.74) is -1.94. The Hall–Kier alpha value is -0.760. The number of hydrogen-bond acceptors (Lipinski definition) is 3. The van der Waals surface area contributed by atoms with E-state index in [-0.39, 0.29) is 0 Å². The Bertz CT molecular complexity index is 298. The predicted molar refractivity (Wildman–Crippen MR) is 39.8 cm³/mol. The van der Waals surface area contributed by atoms with Crippen LogP contribution >= 0.6 is 0 Å². The van der Waals surface area contributed by atoms with E-state index in [0.717, 1.165) is 13.8 Å². The van der Waals surface area contributed by atoms with E-state index in [9.17, 15) is 22.0 Å². The van der Waals surface area contributed by atoms with E-state index in [1.807, 2.05) is 0 Å². The van der Waals surface area contributed by atoms with E-state index in [0.29, 0.717) is 0 Å². The van der Waals surface area contributed by atoms with Gasteiger partial charge in [0.15, 0.2) is 0 Å². The van der Waals surface area contributed by atoms with Crippen LogP contribution in [0, 0.1) is 0 Å². The van der Waals surface area contributed by atoms with E-state index >= 15 is 0 Å². The highest BCUT2D eigenvalue weighted by Gasteiger charge is 2.36. The van der Waals surface area contributed by atoms with Crippen molar-refractivity contribution in [1.29, 1.82) is 0 Å². The van der Waals surface area contributed by atoms with Gasteiger partial charge in [-0.25, -0.2) is 8.42 Å². The van der Waals surface area contributed by atoms with Crippen LogP contribution in [0.5, 0.6) is 0 Å². The van der Waals surface area contributed by atoms with Crippen LogP contribution in [0.25, 0.3) is 0 Å². The third kappa shape index (κ3) is 3.23. The summed E-state index contributed by atoms with van der Waals surface area (Å²) < 4.78 is 45.9. The Kier molecular flexibility index (Phi) is 3.34. The van der Waals surface area contributed by atoms with Crippen LogP contribution in [0.1, 0.15) is 13.8 Å². The standard InChI is InChI=1S/C5H9F2NO4S/c1-5(2,3(9)10)8-13(11,12)4(6)7/h4,8H,1-2H3,(H,9,10). The van der Waals surface area contributed by atoms with Crippen LogP contribution in [0.4, 0.5) is 8.78 Å². The van der Waals surface area contributed by atoms with E-state index in [4.69, 9.17) is 5.11 Å². The monoisotopic (exact) mass is 217 g/mol. The third-order valence-electron chi connectivity index (χ3n) is 1.17. The Morgan fingerprint density at radius 2 is 1.85 bits per heavy atom. The average Bonchev–Trinajstić information content (AvgIpc) is 1.83. The minimum atomic E-state index is -4.87. The molecule has 0 aliphatic heterocycles. The van der Waals surface area contributed by atoms with Gasteiger partial charge in [0.25, 0.3) is 10.0 Å². The average molecular weight is 217 g/mol. The van der Waals surface area contributed by atoms with E-state index in [2.05, 4.69) is 0 Å². The molecule has 0 aromatic carbocycles. The maximum absolute atomic E-state index is 11.8. The number of halogens is 2. The fourth-order valence-corrected chi connectivity index (χ4v) is 1.33. The first-order valence-corrected chi connectivity index (χ1v) is 4.68. The van der Waals surface area contributed by atoms with Crippen molar-refractivity contribution in [2.75, 3.05) is 0 Å². The van der Waals surface area contributed by atoms with E-state index < -0.39 is 27.3 Å². The van der Waals surface area contributed by atoms with Crippen molar-refractivity contribution >= 4 is 16.0 Å². The second kappa shape index (κ2) is 3.54. The number of alkyl halides is 2. The normalized spacial score (nSPS) is 13.3. The van der Waals surface area contributed by atoms with Crippen molar-refractivity contribution < 1.29 is 27.1 Å². The first-order chi connectivity index (χ1) is 5.59. The molecule has 0 rings (SSSR count). The number of rotatable bonds is 4. The fourth-order valence-electron chi connectivity index (χ4n) is 0.444. The number of sulfonamides is 1. The Balaban J connectivity index is 4.73. The number of hydrogen-bond donors (Lipinski definition) is 2. The van der Waals surface area contributed by atoms with Crippen molar-refractivity contribution in [3.63, 3.8) is 0 Å². The minimum absolute atomic E-state index is 0.968. The van der Waals surface area contributed by atoms with Gasteiger partial charge in [0.05, 0.1) is 0 Å². The molecule has 0 radical (unpaired) electrons. The van der Waals surface area contributed by atoms with Gasteiger partial charge < -0.3 is 5.11 Å². The molecule has 0 bridgehead atoms. The molecule has 5 nitrogen and oxygen atoms in total. The van der Waals surface area contributed by atoms with Crippen LogP contribution < -0.4 is 4.72 Å². The molecular weight excluding hydrogens is 208 g/mol. The van der Waals surface area contributed by atoms with Crippen molar-refractivity contribution in [3.05, 3.63) is 0 Å². The van der Waals surface area contributed by atoms with Gasteiger partial charge in [-0.3, -0.25) is 4.79 Å². The number of aliphatic carboxylic acids is 1. The molecule has 0 spiro atoms. The van der Waals surface area contributed by atoms with Crippen LogP contribution in [-0.4, -0.2) is 30.8 Å². The van der Waals surface area contributed by atoms with Gasteiger partial charge in [0.1, 0.15) is 5.54 Å². The quantitative estimate of drug-likeness (QED) is 0.693. The molecule has 0 amide bonds. The summed E-state index contributed by atoms with van der Waals surface area (Å²) in [6.07, 6.45) is 0. The summed E-state index contributed by atoms with van der Waals surface area (Å²) in [6.45, 7) is 1.94. The van der Waals surface area contributed by atoms with Gasteiger partial charge in [-0.05, 0) is 13.8 Å². The predicted octanol–water partition coefficient (Wildman–Crippen LogP) is -0.00840. The zero-order valence-corrected chi connectivity index (χ0v) is 7.73. The zero-order valence-electron chi connectivity index (χ0n) is 6.91. The second-order valence-electron chi connectivity index (χ2n) is 2.84. The molecule has 0 aromatic rings. The lowest BCUT2D eigenvalue weighted by Gasteiger charge is -2.20. The van der Waals surface area contributed by atoms with E-state index in [1.54, 1.807) is 0 Å². The van der Waals surface area contributed by atoms with Gasteiger partial charge in [-0.15, -0.1) is 0 Å². The van der Waals surface area contributed by atoms with Gasteiger partial charge in [0, 0.05) is 0 Å². The topological polar surface area (TPSA) is 83.5 Å². The number of carboxylic acid groups (broad SMARTS) is 1. The molecule has 13 heavy (non-hydrogen) atoms. The maximum atomic E-state index is 11.8. The highest BCUT2D eigenvalue weighted by atomic mass is 32.2. The van der Waals surface area contributed by atoms with Gasteiger partial charge in [0.2, 0.25) is 0 Å². The molecule has 0 aliphatic carbocycles. The Morgan fingerprint density at radius 1 is 1.46 bits per heavy atom. The number of carboxylic acids is 1. The molecule has 0 aliphatic rings. The lowest BCUT2D eigenvalue weighted by molar-refractivity contribution is -0.142. The van der Waals surface area contributed by atoms with Crippen molar-refractivity contribution in [2.24, 2.45) is 0 Å². The van der Waals surface area contributed by atoms with Crippen LogP contribution in [-0.2, 0) is 14.8 Å². The summed E-state index contributed by atoms with van der Waals surface area (Å²) in [7, 11) is -4.87. The summed E-state index contributed by atoms with van der Waals surface area (Å²) in [4.78, 5) is 10.3. The highest BCUT2D eigenvalue weighted by molar-refractivity contribution is 7.89. The van der Waals surface area contributed by atoms with Gasteiger partial charge in [-0.1, -0.05) is 0 Å². The third-order valence-corrected chi connectivity index (χ3v) is 2.43. The summed E-state index contributed by atoms with van der Waals surface area (Å²) in [6, 6.07) is 0. The van der Waals surface area contributed by atoms with Gasteiger partial charge >= 0.3 is 11.7 Å².